The summed E-state index contributed by atoms with van der Waals surface area (Å²) in [5, 5.41) is 5.71. The maximum absolute atomic E-state index is 13.1. The molecular weight excluding hydrogens is 408 g/mol. The van der Waals surface area contributed by atoms with Crippen molar-refractivity contribution in [1.29, 1.82) is 0 Å². The summed E-state index contributed by atoms with van der Waals surface area (Å²) in [6.07, 6.45) is 1.56. The molecular formula is C24H24N4O4. The molecule has 1 aliphatic heterocycles. The van der Waals surface area contributed by atoms with E-state index in [0.29, 0.717) is 22.5 Å². The van der Waals surface area contributed by atoms with Gasteiger partial charge in [0.15, 0.2) is 0 Å². The van der Waals surface area contributed by atoms with Gasteiger partial charge in [-0.25, -0.2) is 9.59 Å². The molecule has 8 heteroatoms. The van der Waals surface area contributed by atoms with E-state index in [2.05, 4.69) is 5.10 Å². The van der Waals surface area contributed by atoms with Crippen LogP contribution in [0.15, 0.2) is 57.9 Å². The second-order valence-corrected chi connectivity index (χ2v) is 8.01. The number of aryl methyl sites for hydroxylation is 2. The molecule has 0 unspecified atom stereocenters. The number of hydrazone groups is 1. The molecule has 1 aromatic heterocycles. The summed E-state index contributed by atoms with van der Waals surface area (Å²) in [6, 6.07) is 12.2. The number of hydrogen-bond acceptors (Lipinski definition) is 5. The number of carbonyl (C=O) groups excluding carboxylic acids is 2. The Morgan fingerprint density at radius 2 is 1.66 bits per heavy atom. The third-order valence-corrected chi connectivity index (χ3v) is 5.36. The van der Waals surface area contributed by atoms with Crippen LogP contribution in [0.1, 0.15) is 36.7 Å². The van der Waals surface area contributed by atoms with Gasteiger partial charge in [0.2, 0.25) is 0 Å². The highest BCUT2D eigenvalue weighted by Crippen LogP contribution is 2.26. The van der Waals surface area contributed by atoms with Crippen molar-refractivity contribution < 1.29 is 14.3 Å². The van der Waals surface area contributed by atoms with Crippen molar-refractivity contribution in [3.63, 3.8) is 0 Å². The number of imidazole rings is 1. The number of benzene rings is 2. The quantitative estimate of drug-likeness (QED) is 0.468. The Bertz CT molecular complexity index is 1360. The molecule has 164 valence electrons. The van der Waals surface area contributed by atoms with Gasteiger partial charge in [-0.3, -0.25) is 13.9 Å². The van der Waals surface area contributed by atoms with Gasteiger partial charge in [-0.1, -0.05) is 6.07 Å². The van der Waals surface area contributed by atoms with Crippen molar-refractivity contribution in [1.82, 2.24) is 9.13 Å². The number of fused-ring (bicyclic) bond motifs is 1. The Morgan fingerprint density at radius 1 is 1.00 bits per heavy atom. The van der Waals surface area contributed by atoms with E-state index >= 15 is 0 Å². The van der Waals surface area contributed by atoms with Gasteiger partial charge in [-0.15, -0.1) is 0 Å². The number of aromatic nitrogens is 2. The van der Waals surface area contributed by atoms with Crippen molar-refractivity contribution in [2.75, 3.05) is 5.01 Å². The lowest BCUT2D eigenvalue weighted by Gasteiger charge is -2.13. The van der Waals surface area contributed by atoms with Crippen molar-refractivity contribution in [2.45, 2.75) is 26.9 Å². The van der Waals surface area contributed by atoms with Crippen LogP contribution in [0, 0.1) is 0 Å². The van der Waals surface area contributed by atoms with Crippen molar-refractivity contribution in [3.05, 3.63) is 69.6 Å². The molecule has 0 saturated heterocycles. The Balaban J connectivity index is 1.62. The molecule has 0 fully saturated rings. The molecule has 0 aliphatic carbocycles. The van der Waals surface area contributed by atoms with E-state index in [-0.39, 0.29) is 17.7 Å². The average molecular weight is 432 g/mol. The van der Waals surface area contributed by atoms with Gasteiger partial charge in [0.05, 0.1) is 39.7 Å². The molecule has 0 atom stereocenters. The summed E-state index contributed by atoms with van der Waals surface area (Å²) in [7, 11) is 3.45. The Kier molecular flexibility index (Phi) is 5.30. The second kappa shape index (κ2) is 7.96. The summed E-state index contributed by atoms with van der Waals surface area (Å²) >= 11 is 0. The van der Waals surface area contributed by atoms with Crippen LogP contribution >= 0.6 is 0 Å². The average Bonchev–Trinajstić information content (AvgIpc) is 3.16. The molecule has 3 aromatic rings. The molecule has 4 rings (SSSR count). The molecule has 2 heterocycles. The Hall–Kier alpha value is -3.94. The van der Waals surface area contributed by atoms with Crippen LogP contribution in [0.4, 0.5) is 5.69 Å². The zero-order valence-electron chi connectivity index (χ0n) is 18.6. The second-order valence-electron chi connectivity index (χ2n) is 8.01. The van der Waals surface area contributed by atoms with Crippen LogP contribution in [0.2, 0.25) is 0 Å². The minimum absolute atomic E-state index is 0.105. The van der Waals surface area contributed by atoms with Crippen molar-refractivity contribution in [3.8, 4) is 0 Å². The van der Waals surface area contributed by atoms with E-state index < -0.39 is 5.97 Å². The van der Waals surface area contributed by atoms with E-state index in [1.165, 1.54) is 5.01 Å². The smallest absolute Gasteiger partial charge is 0.338 e. The highest BCUT2D eigenvalue weighted by Gasteiger charge is 2.29. The van der Waals surface area contributed by atoms with Crippen molar-refractivity contribution in [2.24, 2.45) is 19.2 Å². The molecule has 0 bridgehead atoms. The number of ether oxygens (including phenoxy) is 1. The number of esters is 1. The molecule has 32 heavy (non-hydrogen) atoms. The zero-order valence-corrected chi connectivity index (χ0v) is 18.6. The lowest BCUT2D eigenvalue weighted by molar-refractivity contribution is -0.114. The standard InChI is InChI=1S/C24H24N4O4/c1-14(2)32-23(30)17-7-9-18(10-8-17)28-22(29)19(15(3)25-28)12-16-6-11-20-21(13-16)27(5)24(31)26(20)4/h6-14H,1-5H3/b19-12+. The van der Waals surface area contributed by atoms with Crippen LogP contribution in [0.25, 0.3) is 17.1 Å². The van der Waals surface area contributed by atoms with Crippen LogP contribution in [0.3, 0.4) is 0 Å². The first kappa shape index (κ1) is 21.3. The van der Waals surface area contributed by atoms with E-state index in [0.717, 1.165) is 16.6 Å². The summed E-state index contributed by atoms with van der Waals surface area (Å²) < 4.78 is 8.35. The summed E-state index contributed by atoms with van der Waals surface area (Å²) in [6.45, 7) is 5.35. The van der Waals surface area contributed by atoms with E-state index in [4.69, 9.17) is 4.74 Å². The fourth-order valence-corrected chi connectivity index (χ4v) is 3.66. The van der Waals surface area contributed by atoms with Crippen LogP contribution in [-0.4, -0.2) is 32.8 Å². The summed E-state index contributed by atoms with van der Waals surface area (Å²) in [5.41, 5.74) is 4.31. The van der Waals surface area contributed by atoms with Crippen molar-refractivity contribution >= 4 is 40.4 Å². The van der Waals surface area contributed by atoms with Gasteiger partial charge in [-0.2, -0.15) is 10.1 Å². The normalized spacial score (nSPS) is 15.2. The Labute approximate surface area is 185 Å². The van der Waals surface area contributed by atoms with E-state index in [1.807, 2.05) is 18.2 Å². The first-order valence-electron chi connectivity index (χ1n) is 10.3. The first-order chi connectivity index (χ1) is 15.2. The number of hydrogen-bond donors (Lipinski definition) is 0. The van der Waals surface area contributed by atoms with Gasteiger partial charge in [0, 0.05) is 14.1 Å². The van der Waals surface area contributed by atoms with Crippen LogP contribution in [-0.2, 0) is 23.6 Å². The lowest BCUT2D eigenvalue weighted by atomic mass is 10.1. The molecule has 0 N–H and O–H groups in total. The number of carbonyl (C=O) groups is 2. The molecule has 0 spiro atoms. The van der Waals surface area contributed by atoms with Gasteiger partial charge in [0.25, 0.3) is 5.91 Å². The minimum atomic E-state index is -0.412. The molecule has 8 nitrogen and oxygen atoms in total. The minimum Gasteiger partial charge on any atom is -0.459 e. The molecule has 2 aromatic carbocycles. The van der Waals surface area contributed by atoms with Gasteiger partial charge in [-0.05, 0) is 68.8 Å². The van der Waals surface area contributed by atoms with E-state index in [1.54, 1.807) is 74.3 Å². The maximum Gasteiger partial charge on any atom is 0.338 e. The van der Waals surface area contributed by atoms with E-state index in [9.17, 15) is 14.4 Å². The van der Waals surface area contributed by atoms with Gasteiger partial charge >= 0.3 is 11.7 Å². The summed E-state index contributed by atoms with van der Waals surface area (Å²) in [5.74, 6) is -0.674. The fraction of sp³-hybridized carbons (Fsp3) is 0.250. The first-order valence-corrected chi connectivity index (χ1v) is 10.3. The fourth-order valence-electron chi connectivity index (χ4n) is 3.66. The maximum atomic E-state index is 13.1. The number of anilines is 1. The highest BCUT2D eigenvalue weighted by atomic mass is 16.5. The Morgan fingerprint density at radius 3 is 2.31 bits per heavy atom. The van der Waals surface area contributed by atoms with Gasteiger partial charge < -0.3 is 4.74 Å². The topological polar surface area (TPSA) is 85.9 Å². The SMILES string of the molecule is CC1=NN(c2ccc(C(=O)OC(C)C)cc2)C(=O)/C1=C/c1ccc2c(c1)n(C)c(=O)n2C. The molecule has 1 aliphatic rings. The van der Waals surface area contributed by atoms with Crippen LogP contribution in [0.5, 0.6) is 0 Å². The predicted octanol–water partition coefficient (Wildman–Crippen LogP) is 3.25. The van der Waals surface area contributed by atoms with Crippen LogP contribution < -0.4 is 10.7 Å². The third kappa shape index (κ3) is 3.64. The highest BCUT2D eigenvalue weighted by molar-refractivity contribution is 6.32. The molecule has 0 radical (unpaired) electrons. The lowest BCUT2D eigenvalue weighted by Crippen LogP contribution is -2.21. The third-order valence-electron chi connectivity index (χ3n) is 5.36. The molecule has 1 amide bonds. The zero-order chi connectivity index (χ0) is 23.2. The number of amides is 1. The molecule has 0 saturated carbocycles. The van der Waals surface area contributed by atoms with Gasteiger partial charge in [0.1, 0.15) is 0 Å². The largest absolute Gasteiger partial charge is 0.459 e. The monoisotopic (exact) mass is 432 g/mol. The number of nitrogens with zero attached hydrogens (tertiary/aromatic N) is 4. The summed E-state index contributed by atoms with van der Waals surface area (Å²) in [4.78, 5) is 37.3. The predicted molar refractivity (Wildman–Crippen MR) is 124 cm³/mol. The number of rotatable bonds is 4.